The van der Waals surface area contributed by atoms with E-state index in [9.17, 15) is 13.6 Å². The molecule has 0 saturated heterocycles. The first-order chi connectivity index (χ1) is 11.5. The molecular weight excluding hydrogens is 314 g/mol. The van der Waals surface area contributed by atoms with Gasteiger partial charge in [-0.3, -0.25) is 4.79 Å². The van der Waals surface area contributed by atoms with Gasteiger partial charge in [-0.25, -0.2) is 8.78 Å². The van der Waals surface area contributed by atoms with Gasteiger partial charge in [0.1, 0.15) is 28.9 Å². The molecule has 2 rings (SSSR count). The van der Waals surface area contributed by atoms with Crippen LogP contribution >= 0.6 is 0 Å². The van der Waals surface area contributed by atoms with Gasteiger partial charge in [0.05, 0.1) is 14.2 Å². The minimum atomic E-state index is -0.359. The number of benzene rings is 2. The molecule has 0 aromatic heterocycles. The lowest BCUT2D eigenvalue weighted by Gasteiger charge is -2.09. The second-order valence-electron chi connectivity index (χ2n) is 5.45. The number of ketones is 1. The Bertz CT molecular complexity index is 654. The molecule has 128 valence electrons. The van der Waals surface area contributed by atoms with Gasteiger partial charge in [-0.15, -0.1) is 0 Å². The maximum Gasteiger partial charge on any atom is 0.133 e. The molecule has 24 heavy (non-hydrogen) atoms. The van der Waals surface area contributed by atoms with Crippen molar-refractivity contribution in [1.82, 2.24) is 0 Å². The van der Waals surface area contributed by atoms with E-state index in [4.69, 9.17) is 9.47 Å². The van der Waals surface area contributed by atoms with Crippen LogP contribution in [0.5, 0.6) is 11.5 Å². The third-order valence-corrected chi connectivity index (χ3v) is 3.83. The highest BCUT2D eigenvalue weighted by molar-refractivity contribution is 5.79. The normalized spacial score (nSPS) is 10.5. The number of hydrogen-bond donors (Lipinski definition) is 0. The Morgan fingerprint density at radius 3 is 1.62 bits per heavy atom. The fourth-order valence-electron chi connectivity index (χ4n) is 2.56. The predicted molar refractivity (Wildman–Crippen MR) is 87.6 cm³/mol. The smallest absolute Gasteiger partial charge is 0.133 e. The summed E-state index contributed by atoms with van der Waals surface area (Å²) in [5.41, 5.74) is 1.32. The molecule has 2 aromatic carbocycles. The molecule has 0 heterocycles. The van der Waals surface area contributed by atoms with E-state index in [1.54, 1.807) is 12.1 Å². The fourth-order valence-corrected chi connectivity index (χ4v) is 2.56. The zero-order valence-electron chi connectivity index (χ0n) is 13.8. The van der Waals surface area contributed by atoms with Crippen LogP contribution in [0.15, 0.2) is 36.4 Å². The summed E-state index contributed by atoms with van der Waals surface area (Å²) in [6, 6.07) is 8.49. The van der Waals surface area contributed by atoms with Crippen LogP contribution in [-0.2, 0) is 17.6 Å². The van der Waals surface area contributed by atoms with E-state index < -0.39 is 0 Å². The number of carbonyl (C=O) groups is 1. The lowest BCUT2D eigenvalue weighted by atomic mass is 10.0. The monoisotopic (exact) mass is 334 g/mol. The van der Waals surface area contributed by atoms with Crippen LogP contribution in [0.2, 0.25) is 0 Å². The van der Waals surface area contributed by atoms with E-state index >= 15 is 0 Å². The Kier molecular flexibility index (Phi) is 6.29. The van der Waals surface area contributed by atoms with Gasteiger partial charge in [0.15, 0.2) is 0 Å². The van der Waals surface area contributed by atoms with E-state index in [0.29, 0.717) is 35.5 Å². The third kappa shape index (κ3) is 4.78. The number of rotatable bonds is 8. The van der Waals surface area contributed by atoms with Gasteiger partial charge in [0.25, 0.3) is 0 Å². The van der Waals surface area contributed by atoms with Crippen molar-refractivity contribution < 1.29 is 23.0 Å². The zero-order chi connectivity index (χ0) is 17.5. The molecule has 0 aliphatic rings. The van der Waals surface area contributed by atoms with Crippen LogP contribution < -0.4 is 9.47 Å². The van der Waals surface area contributed by atoms with Gasteiger partial charge in [0.2, 0.25) is 0 Å². The summed E-state index contributed by atoms with van der Waals surface area (Å²) in [6.45, 7) is 0. The second kappa shape index (κ2) is 8.43. The number of ether oxygens (including phenoxy) is 2. The molecule has 0 atom stereocenters. The molecule has 0 fully saturated rings. The molecule has 0 aliphatic carbocycles. The van der Waals surface area contributed by atoms with Gasteiger partial charge >= 0.3 is 0 Å². The molecule has 2 aromatic rings. The molecule has 0 saturated carbocycles. The standard InChI is InChI=1S/C19H20F2O3/c1-23-18-9-5-15(20)11-13(18)3-7-17(22)8-4-14-12-16(21)6-10-19(14)24-2/h5-6,9-12H,3-4,7-8H2,1-2H3. The molecule has 0 unspecified atom stereocenters. The quantitative estimate of drug-likeness (QED) is 0.728. The number of hydrogen-bond acceptors (Lipinski definition) is 3. The van der Waals surface area contributed by atoms with Crippen LogP contribution in [-0.4, -0.2) is 20.0 Å². The van der Waals surface area contributed by atoms with Gasteiger partial charge in [0, 0.05) is 12.8 Å². The number of methoxy groups -OCH3 is 2. The minimum absolute atomic E-state index is 0.0210. The summed E-state index contributed by atoms with van der Waals surface area (Å²) in [4.78, 5) is 12.1. The maximum absolute atomic E-state index is 13.3. The highest BCUT2D eigenvalue weighted by atomic mass is 19.1. The van der Waals surface area contributed by atoms with Crippen LogP contribution in [0.4, 0.5) is 8.78 Å². The Hall–Kier alpha value is -2.43. The average Bonchev–Trinajstić information content (AvgIpc) is 2.58. The Morgan fingerprint density at radius 1 is 0.833 bits per heavy atom. The molecule has 0 bridgehead atoms. The summed E-state index contributed by atoms with van der Waals surface area (Å²) >= 11 is 0. The fraction of sp³-hybridized carbons (Fsp3) is 0.316. The number of halogens is 2. The van der Waals surface area contributed by atoms with Gasteiger partial charge in [-0.05, 0) is 60.4 Å². The average molecular weight is 334 g/mol. The highest BCUT2D eigenvalue weighted by Gasteiger charge is 2.11. The molecular formula is C19H20F2O3. The molecule has 0 spiro atoms. The topological polar surface area (TPSA) is 35.5 Å². The van der Waals surface area contributed by atoms with Crippen LogP contribution in [0, 0.1) is 11.6 Å². The highest BCUT2D eigenvalue weighted by Crippen LogP contribution is 2.23. The lowest BCUT2D eigenvalue weighted by Crippen LogP contribution is -2.04. The van der Waals surface area contributed by atoms with Crippen molar-refractivity contribution in [2.75, 3.05) is 14.2 Å². The van der Waals surface area contributed by atoms with Crippen molar-refractivity contribution in [2.24, 2.45) is 0 Å². The SMILES string of the molecule is COc1ccc(F)cc1CCC(=O)CCc1cc(F)ccc1OC. The summed E-state index contributed by atoms with van der Waals surface area (Å²) in [7, 11) is 3.02. The largest absolute Gasteiger partial charge is 0.496 e. The first-order valence-corrected chi connectivity index (χ1v) is 7.70. The molecule has 5 heteroatoms. The zero-order valence-corrected chi connectivity index (χ0v) is 13.8. The lowest BCUT2D eigenvalue weighted by molar-refractivity contribution is -0.119. The minimum Gasteiger partial charge on any atom is -0.496 e. The third-order valence-electron chi connectivity index (χ3n) is 3.83. The number of Topliss-reactive ketones (excluding diaryl/α,β-unsaturated/α-hetero) is 1. The Balaban J connectivity index is 1.93. The van der Waals surface area contributed by atoms with Crippen molar-refractivity contribution in [3.8, 4) is 11.5 Å². The van der Waals surface area contributed by atoms with Crippen molar-refractivity contribution in [2.45, 2.75) is 25.7 Å². The van der Waals surface area contributed by atoms with E-state index in [1.807, 2.05) is 0 Å². The summed E-state index contributed by atoms with van der Waals surface area (Å²) < 4.78 is 37.0. The number of aryl methyl sites for hydroxylation is 2. The molecule has 0 radical (unpaired) electrons. The van der Waals surface area contributed by atoms with Gasteiger partial charge < -0.3 is 9.47 Å². The van der Waals surface area contributed by atoms with E-state index in [2.05, 4.69) is 0 Å². The van der Waals surface area contributed by atoms with Crippen molar-refractivity contribution >= 4 is 5.78 Å². The predicted octanol–water partition coefficient (Wildman–Crippen LogP) is 4.12. The van der Waals surface area contributed by atoms with Crippen molar-refractivity contribution in [3.63, 3.8) is 0 Å². The summed E-state index contributed by atoms with van der Waals surface area (Å²) in [6.07, 6.45) is 1.36. The summed E-state index contributed by atoms with van der Waals surface area (Å²) in [5, 5.41) is 0. The van der Waals surface area contributed by atoms with Gasteiger partial charge in [-0.1, -0.05) is 0 Å². The first kappa shape index (κ1) is 17.9. The van der Waals surface area contributed by atoms with Crippen LogP contribution in [0.25, 0.3) is 0 Å². The number of carbonyl (C=O) groups excluding carboxylic acids is 1. The van der Waals surface area contributed by atoms with Gasteiger partial charge in [-0.2, -0.15) is 0 Å². The molecule has 0 N–H and O–H groups in total. The van der Waals surface area contributed by atoms with E-state index in [-0.39, 0.29) is 30.3 Å². The van der Waals surface area contributed by atoms with Crippen LogP contribution in [0.1, 0.15) is 24.0 Å². The van der Waals surface area contributed by atoms with Crippen molar-refractivity contribution in [3.05, 3.63) is 59.2 Å². The molecule has 3 nitrogen and oxygen atoms in total. The molecule has 0 aliphatic heterocycles. The van der Waals surface area contributed by atoms with Crippen molar-refractivity contribution in [1.29, 1.82) is 0 Å². The van der Waals surface area contributed by atoms with E-state index in [1.165, 1.54) is 38.5 Å². The van der Waals surface area contributed by atoms with Crippen LogP contribution in [0.3, 0.4) is 0 Å². The second-order valence-corrected chi connectivity index (χ2v) is 5.45. The Morgan fingerprint density at radius 2 is 1.25 bits per heavy atom. The Labute approximate surface area is 140 Å². The van der Waals surface area contributed by atoms with E-state index in [0.717, 1.165) is 0 Å². The molecule has 0 amide bonds. The first-order valence-electron chi connectivity index (χ1n) is 7.70. The summed E-state index contributed by atoms with van der Waals surface area (Å²) in [5.74, 6) is 0.435. The maximum atomic E-state index is 13.3.